The number of aromatic nitrogens is 2. The van der Waals surface area contributed by atoms with Gasteiger partial charge in [-0.25, -0.2) is 18.1 Å². The molecule has 6 bridgehead atoms. The number of likely N-dealkylation sites (tertiary alicyclic amines) is 1. The first kappa shape index (κ1) is 28.5. The molecule has 41 heavy (non-hydrogen) atoms. The molecular formula is C30H35N5O5S. The zero-order chi connectivity index (χ0) is 29.5. The summed E-state index contributed by atoms with van der Waals surface area (Å²) < 4.78 is 35.3. The van der Waals surface area contributed by atoms with Gasteiger partial charge in [0.2, 0.25) is 17.7 Å². The van der Waals surface area contributed by atoms with E-state index in [-0.39, 0.29) is 46.9 Å². The number of carbonyl (C=O) groups is 2. The van der Waals surface area contributed by atoms with Crippen LogP contribution in [0.25, 0.3) is 11.3 Å². The van der Waals surface area contributed by atoms with Crippen LogP contribution in [0, 0.1) is 25.2 Å². The van der Waals surface area contributed by atoms with Gasteiger partial charge in [0.15, 0.2) is 6.10 Å². The molecule has 2 aromatic carbocycles. The summed E-state index contributed by atoms with van der Waals surface area (Å²) in [6.07, 6.45) is -0.0862. The summed E-state index contributed by atoms with van der Waals surface area (Å²) >= 11 is 0. The summed E-state index contributed by atoms with van der Waals surface area (Å²) in [5, 5.41) is 2.83. The van der Waals surface area contributed by atoms with Gasteiger partial charge in [-0.2, -0.15) is 4.98 Å². The van der Waals surface area contributed by atoms with Crippen LogP contribution in [-0.4, -0.2) is 54.3 Å². The fraction of sp³-hybridized carbons (Fsp3) is 0.400. The van der Waals surface area contributed by atoms with Crippen LogP contribution in [0.2, 0.25) is 0 Å². The molecule has 11 heteroatoms. The molecule has 2 atom stereocenters. The number of sulfonamides is 1. The summed E-state index contributed by atoms with van der Waals surface area (Å²) in [7, 11) is -4.12. The number of piperidine rings is 1. The average molecular weight is 578 g/mol. The Morgan fingerprint density at radius 3 is 2.44 bits per heavy atom. The highest BCUT2D eigenvalue weighted by Crippen LogP contribution is 2.32. The fourth-order valence-electron chi connectivity index (χ4n) is 5.14. The zero-order valence-electron chi connectivity index (χ0n) is 23.9. The Labute approximate surface area is 240 Å². The number of nitrogens with zero attached hydrogens (tertiary/aromatic N) is 3. The number of fused-ring (bicyclic) bond motifs is 6. The van der Waals surface area contributed by atoms with Crippen molar-refractivity contribution in [2.24, 2.45) is 11.3 Å². The molecular weight excluding hydrogens is 542 g/mol. The molecule has 216 valence electrons. The lowest BCUT2D eigenvalue weighted by molar-refractivity contribution is -0.146. The number of carbonyl (C=O) groups excluding carboxylic acids is 2. The van der Waals surface area contributed by atoms with Crippen LogP contribution in [0.5, 0.6) is 5.88 Å². The lowest BCUT2D eigenvalue weighted by atomic mass is 9.90. The smallest absolute Gasteiger partial charge is 0.264 e. The van der Waals surface area contributed by atoms with Gasteiger partial charge in [0, 0.05) is 36.8 Å². The van der Waals surface area contributed by atoms with Gasteiger partial charge in [0.05, 0.1) is 16.5 Å². The van der Waals surface area contributed by atoms with Gasteiger partial charge in [-0.05, 0) is 55.0 Å². The number of aryl methyl sites for hydroxylation is 2. The van der Waals surface area contributed by atoms with Gasteiger partial charge in [-0.15, -0.1) is 0 Å². The second-order valence-corrected chi connectivity index (χ2v) is 13.6. The van der Waals surface area contributed by atoms with E-state index in [4.69, 9.17) is 4.74 Å². The summed E-state index contributed by atoms with van der Waals surface area (Å²) in [6, 6.07) is 13.4. The fourth-order valence-corrected chi connectivity index (χ4v) is 6.13. The number of hydrogen-bond donors (Lipinski definition) is 2. The minimum absolute atomic E-state index is 0.0116. The average Bonchev–Trinajstić information content (AvgIpc) is 2.88. The number of rotatable bonds is 3. The third-order valence-corrected chi connectivity index (χ3v) is 8.70. The van der Waals surface area contributed by atoms with Gasteiger partial charge in [0.1, 0.15) is 0 Å². The Bertz CT molecular complexity index is 1600. The number of anilines is 2. The van der Waals surface area contributed by atoms with E-state index in [1.165, 1.54) is 12.1 Å². The van der Waals surface area contributed by atoms with Crippen LogP contribution < -0.4 is 14.8 Å². The normalized spacial score (nSPS) is 20.4. The second kappa shape index (κ2) is 10.8. The summed E-state index contributed by atoms with van der Waals surface area (Å²) in [6.45, 7) is 10.9. The standard InChI is InChI=1S/C30H35N5O5S/c1-18-8-6-9-19(2)26(18)23-16-25-33-29(32-23)34-41(38,39)22-11-7-10-21(15-22)31-27(36)20-14-24(40-25)28(37)35(17-20)13-12-30(3,4)5/h6-11,15-16,20,24H,12-14,17H2,1-5H3,(H,31,36)(H,32,33,34). The van der Waals surface area contributed by atoms with Crippen LogP contribution in [-0.2, 0) is 19.6 Å². The SMILES string of the molecule is Cc1cccc(C)c1-c1cc2nc(n1)NS(=O)(=O)c1cccc(c1)NC(=O)C1CC(O2)C(=O)N(CCC(C)(C)C)C1. The van der Waals surface area contributed by atoms with Gasteiger partial charge >= 0.3 is 0 Å². The largest absolute Gasteiger partial charge is 0.464 e. The maximum atomic E-state index is 13.6. The molecule has 1 saturated heterocycles. The molecule has 3 heterocycles. The lowest BCUT2D eigenvalue weighted by Crippen LogP contribution is -2.53. The van der Waals surface area contributed by atoms with Crippen molar-refractivity contribution in [2.45, 2.75) is 58.5 Å². The maximum Gasteiger partial charge on any atom is 0.264 e. The minimum atomic E-state index is -4.12. The quantitative estimate of drug-likeness (QED) is 0.467. The Morgan fingerprint density at radius 2 is 1.73 bits per heavy atom. The van der Waals surface area contributed by atoms with Crippen molar-refractivity contribution < 1.29 is 22.7 Å². The van der Waals surface area contributed by atoms with Crippen LogP contribution in [0.3, 0.4) is 0 Å². The van der Waals surface area contributed by atoms with E-state index in [1.54, 1.807) is 23.1 Å². The van der Waals surface area contributed by atoms with E-state index in [0.717, 1.165) is 23.1 Å². The maximum absolute atomic E-state index is 13.6. The molecule has 2 N–H and O–H groups in total. The van der Waals surface area contributed by atoms with E-state index in [0.29, 0.717) is 17.9 Å². The molecule has 2 aliphatic heterocycles. The third kappa shape index (κ3) is 6.35. The predicted molar refractivity (Wildman–Crippen MR) is 156 cm³/mol. The molecule has 10 nitrogen and oxygen atoms in total. The first-order valence-electron chi connectivity index (χ1n) is 13.6. The number of ether oxygens (including phenoxy) is 1. The highest BCUT2D eigenvalue weighted by molar-refractivity contribution is 7.92. The monoisotopic (exact) mass is 577 g/mol. The zero-order valence-corrected chi connectivity index (χ0v) is 24.7. The van der Waals surface area contributed by atoms with Crippen molar-refractivity contribution >= 4 is 33.5 Å². The molecule has 2 aliphatic rings. The molecule has 0 radical (unpaired) electrons. The third-order valence-electron chi connectivity index (χ3n) is 7.37. The van der Waals surface area contributed by atoms with Gasteiger partial charge < -0.3 is 15.0 Å². The van der Waals surface area contributed by atoms with E-state index in [2.05, 4.69) is 40.8 Å². The molecule has 1 aromatic heterocycles. The lowest BCUT2D eigenvalue weighted by Gasteiger charge is -2.37. The summed E-state index contributed by atoms with van der Waals surface area (Å²) in [5.41, 5.74) is 3.45. The highest BCUT2D eigenvalue weighted by atomic mass is 32.2. The van der Waals surface area contributed by atoms with Crippen molar-refractivity contribution in [3.8, 4) is 17.1 Å². The van der Waals surface area contributed by atoms with Crippen molar-refractivity contribution in [2.75, 3.05) is 23.1 Å². The molecule has 0 saturated carbocycles. The first-order valence-corrected chi connectivity index (χ1v) is 15.1. The molecule has 1 fully saturated rings. The van der Waals surface area contributed by atoms with E-state index in [9.17, 15) is 18.0 Å². The number of amides is 2. The van der Waals surface area contributed by atoms with E-state index < -0.39 is 22.0 Å². The van der Waals surface area contributed by atoms with Gasteiger partial charge in [0.25, 0.3) is 15.9 Å². The molecule has 5 rings (SSSR count). The van der Waals surface area contributed by atoms with Crippen LogP contribution in [0.1, 0.15) is 44.7 Å². The summed E-state index contributed by atoms with van der Waals surface area (Å²) in [5.74, 6) is -1.27. The summed E-state index contributed by atoms with van der Waals surface area (Å²) in [4.78, 5) is 37.5. The topological polar surface area (TPSA) is 131 Å². The Kier molecular flexibility index (Phi) is 7.50. The molecule has 2 unspecified atom stereocenters. The number of benzene rings is 2. The van der Waals surface area contributed by atoms with E-state index >= 15 is 0 Å². The molecule has 3 aromatic rings. The van der Waals surface area contributed by atoms with Crippen molar-refractivity contribution in [1.82, 2.24) is 14.9 Å². The first-order chi connectivity index (χ1) is 19.3. The molecule has 2 amide bonds. The number of nitrogens with one attached hydrogen (secondary N) is 2. The Hall–Kier alpha value is -3.99. The Morgan fingerprint density at radius 1 is 1.02 bits per heavy atom. The molecule has 0 spiro atoms. The van der Waals surface area contributed by atoms with Gasteiger partial charge in [-0.1, -0.05) is 45.0 Å². The van der Waals surface area contributed by atoms with E-state index in [1.807, 2.05) is 32.0 Å². The van der Waals surface area contributed by atoms with Crippen LogP contribution in [0.15, 0.2) is 53.4 Å². The van der Waals surface area contributed by atoms with Crippen molar-refractivity contribution in [3.63, 3.8) is 0 Å². The predicted octanol–water partition coefficient (Wildman–Crippen LogP) is 4.55. The number of hydrogen-bond acceptors (Lipinski definition) is 7. The Balaban J connectivity index is 1.63. The van der Waals surface area contributed by atoms with Crippen LogP contribution >= 0.6 is 0 Å². The minimum Gasteiger partial charge on any atom is -0.464 e. The highest BCUT2D eigenvalue weighted by Gasteiger charge is 2.40. The van der Waals surface area contributed by atoms with Crippen molar-refractivity contribution in [1.29, 1.82) is 0 Å². The van der Waals surface area contributed by atoms with Gasteiger partial charge in [-0.3, -0.25) is 9.59 Å². The van der Waals surface area contributed by atoms with Crippen LogP contribution in [0.4, 0.5) is 11.6 Å². The molecule has 0 aliphatic carbocycles. The second-order valence-electron chi connectivity index (χ2n) is 11.9. The van der Waals surface area contributed by atoms with Crippen molar-refractivity contribution in [3.05, 3.63) is 59.7 Å².